The van der Waals surface area contributed by atoms with Crippen LogP contribution < -0.4 is 11.1 Å². The fourth-order valence-corrected chi connectivity index (χ4v) is 2.05. The number of nitrogens with one attached hydrogen (secondary N) is 1. The molecule has 0 spiro atoms. The molecule has 0 saturated carbocycles. The zero-order valence-electron chi connectivity index (χ0n) is 8.36. The highest BCUT2D eigenvalue weighted by Crippen LogP contribution is 2.25. The predicted octanol–water partition coefficient (Wildman–Crippen LogP) is 1.33. The van der Waals surface area contributed by atoms with Gasteiger partial charge < -0.3 is 15.8 Å². The summed E-state index contributed by atoms with van der Waals surface area (Å²) in [4.78, 5) is 9.20. The third kappa shape index (κ3) is 2.16. The minimum atomic E-state index is 0.296. The maximum absolute atomic E-state index is 5.60. The SMILES string of the molecule is COCCNc1nc(N)nc2sccc12. The van der Waals surface area contributed by atoms with Gasteiger partial charge in [-0.2, -0.15) is 4.98 Å². The largest absolute Gasteiger partial charge is 0.383 e. The van der Waals surface area contributed by atoms with Gasteiger partial charge in [0.2, 0.25) is 5.95 Å². The first-order chi connectivity index (χ1) is 7.31. The van der Waals surface area contributed by atoms with Gasteiger partial charge in [-0.25, -0.2) is 4.98 Å². The van der Waals surface area contributed by atoms with E-state index in [2.05, 4.69) is 15.3 Å². The minimum absolute atomic E-state index is 0.296. The van der Waals surface area contributed by atoms with Gasteiger partial charge in [-0.15, -0.1) is 11.3 Å². The van der Waals surface area contributed by atoms with Crippen molar-refractivity contribution in [3.63, 3.8) is 0 Å². The van der Waals surface area contributed by atoms with Crippen molar-refractivity contribution >= 4 is 33.3 Å². The number of rotatable bonds is 4. The molecule has 15 heavy (non-hydrogen) atoms. The Morgan fingerprint density at radius 1 is 1.53 bits per heavy atom. The van der Waals surface area contributed by atoms with Crippen LogP contribution >= 0.6 is 11.3 Å². The maximum atomic E-state index is 5.60. The van der Waals surface area contributed by atoms with Crippen LogP contribution in [-0.2, 0) is 4.74 Å². The molecule has 2 aromatic rings. The number of nitrogens with zero attached hydrogens (tertiary/aromatic N) is 2. The van der Waals surface area contributed by atoms with Crippen molar-refractivity contribution in [2.75, 3.05) is 31.3 Å². The summed E-state index contributed by atoms with van der Waals surface area (Å²) in [6.07, 6.45) is 0. The molecule has 6 heteroatoms. The zero-order valence-corrected chi connectivity index (χ0v) is 9.17. The Bertz CT molecular complexity index is 456. The summed E-state index contributed by atoms with van der Waals surface area (Å²) < 4.78 is 4.95. The van der Waals surface area contributed by atoms with Crippen molar-refractivity contribution in [2.45, 2.75) is 0 Å². The number of fused-ring (bicyclic) bond motifs is 1. The van der Waals surface area contributed by atoms with E-state index in [1.807, 2.05) is 11.4 Å². The molecule has 0 aliphatic heterocycles. The number of aromatic nitrogens is 2. The second-order valence-electron chi connectivity index (χ2n) is 2.99. The van der Waals surface area contributed by atoms with Gasteiger partial charge >= 0.3 is 0 Å². The molecule has 0 aliphatic rings. The Morgan fingerprint density at radius 3 is 3.20 bits per heavy atom. The van der Waals surface area contributed by atoms with Crippen LogP contribution in [0.15, 0.2) is 11.4 Å². The lowest BCUT2D eigenvalue weighted by Gasteiger charge is -2.06. The van der Waals surface area contributed by atoms with E-state index in [4.69, 9.17) is 10.5 Å². The molecule has 0 atom stereocenters. The van der Waals surface area contributed by atoms with Gasteiger partial charge in [0.05, 0.1) is 12.0 Å². The highest BCUT2D eigenvalue weighted by Gasteiger charge is 2.06. The summed E-state index contributed by atoms with van der Waals surface area (Å²) in [7, 11) is 1.66. The van der Waals surface area contributed by atoms with Crippen LogP contribution in [0.4, 0.5) is 11.8 Å². The number of hydrogen-bond acceptors (Lipinski definition) is 6. The van der Waals surface area contributed by atoms with E-state index in [-0.39, 0.29) is 0 Å². The molecule has 2 rings (SSSR count). The van der Waals surface area contributed by atoms with Crippen molar-refractivity contribution in [3.8, 4) is 0 Å². The molecular weight excluding hydrogens is 212 g/mol. The molecule has 0 aliphatic carbocycles. The van der Waals surface area contributed by atoms with Crippen molar-refractivity contribution in [1.29, 1.82) is 0 Å². The molecule has 5 nitrogen and oxygen atoms in total. The fraction of sp³-hybridized carbons (Fsp3) is 0.333. The Kier molecular flexibility index (Phi) is 2.98. The van der Waals surface area contributed by atoms with E-state index in [0.29, 0.717) is 19.1 Å². The van der Waals surface area contributed by atoms with Crippen LogP contribution in [0, 0.1) is 0 Å². The number of ether oxygens (including phenoxy) is 1. The Labute approximate surface area is 91.3 Å². The molecule has 0 aromatic carbocycles. The molecule has 0 radical (unpaired) electrons. The molecule has 0 fully saturated rings. The molecule has 0 amide bonds. The molecule has 80 valence electrons. The van der Waals surface area contributed by atoms with Gasteiger partial charge in [0.25, 0.3) is 0 Å². The number of nitrogens with two attached hydrogens (primary N) is 1. The van der Waals surface area contributed by atoms with E-state index >= 15 is 0 Å². The first-order valence-electron chi connectivity index (χ1n) is 4.55. The monoisotopic (exact) mass is 224 g/mol. The van der Waals surface area contributed by atoms with Crippen LogP contribution in [0.3, 0.4) is 0 Å². The predicted molar refractivity (Wildman–Crippen MR) is 62.2 cm³/mol. The van der Waals surface area contributed by atoms with E-state index in [1.54, 1.807) is 18.4 Å². The molecule has 2 heterocycles. The lowest BCUT2D eigenvalue weighted by Crippen LogP contribution is -2.10. The van der Waals surface area contributed by atoms with Crippen molar-refractivity contribution in [3.05, 3.63) is 11.4 Å². The van der Waals surface area contributed by atoms with E-state index < -0.39 is 0 Å². The lowest BCUT2D eigenvalue weighted by atomic mass is 10.4. The van der Waals surface area contributed by atoms with Crippen LogP contribution in [0.5, 0.6) is 0 Å². The smallest absolute Gasteiger partial charge is 0.223 e. The number of hydrogen-bond donors (Lipinski definition) is 2. The third-order valence-electron chi connectivity index (χ3n) is 1.94. The molecular formula is C9H12N4OS. The summed E-state index contributed by atoms with van der Waals surface area (Å²) in [5, 5.41) is 6.14. The topological polar surface area (TPSA) is 73.1 Å². The summed E-state index contributed by atoms with van der Waals surface area (Å²) >= 11 is 1.55. The molecule has 0 bridgehead atoms. The highest BCUT2D eigenvalue weighted by molar-refractivity contribution is 7.16. The van der Waals surface area contributed by atoms with Crippen molar-refractivity contribution in [1.82, 2.24) is 9.97 Å². The fourth-order valence-electron chi connectivity index (χ4n) is 1.28. The molecule has 0 unspecified atom stereocenters. The van der Waals surface area contributed by atoms with E-state index in [9.17, 15) is 0 Å². The van der Waals surface area contributed by atoms with Gasteiger partial charge in [0.15, 0.2) is 0 Å². The number of methoxy groups -OCH3 is 1. The first-order valence-corrected chi connectivity index (χ1v) is 5.43. The quantitative estimate of drug-likeness (QED) is 0.766. The summed E-state index contributed by atoms with van der Waals surface area (Å²) in [5.74, 6) is 1.07. The van der Waals surface area contributed by atoms with Crippen molar-refractivity contribution < 1.29 is 4.74 Å². The third-order valence-corrected chi connectivity index (χ3v) is 2.75. The zero-order chi connectivity index (χ0) is 10.7. The van der Waals surface area contributed by atoms with Gasteiger partial charge in [-0.05, 0) is 11.4 Å². The normalized spacial score (nSPS) is 10.7. The van der Waals surface area contributed by atoms with Crippen LogP contribution in [0.1, 0.15) is 0 Å². The second kappa shape index (κ2) is 4.41. The van der Waals surface area contributed by atoms with Gasteiger partial charge in [-0.1, -0.05) is 0 Å². The Hall–Kier alpha value is -1.40. The van der Waals surface area contributed by atoms with Gasteiger partial charge in [0, 0.05) is 13.7 Å². The van der Waals surface area contributed by atoms with Crippen LogP contribution in [0.25, 0.3) is 10.2 Å². The van der Waals surface area contributed by atoms with Crippen LogP contribution in [-0.4, -0.2) is 30.2 Å². The summed E-state index contributed by atoms with van der Waals surface area (Å²) in [5.41, 5.74) is 5.60. The van der Waals surface area contributed by atoms with E-state index in [1.165, 1.54) is 0 Å². The standard InChI is InChI=1S/C9H12N4OS/c1-14-4-3-11-7-6-2-5-15-8(6)13-9(10)12-7/h2,5H,3-4H2,1H3,(H3,10,11,12,13). The average Bonchev–Trinajstić information content (AvgIpc) is 2.65. The van der Waals surface area contributed by atoms with Crippen LogP contribution in [0.2, 0.25) is 0 Å². The highest BCUT2D eigenvalue weighted by atomic mass is 32.1. The van der Waals surface area contributed by atoms with E-state index in [0.717, 1.165) is 16.0 Å². The second-order valence-corrected chi connectivity index (χ2v) is 3.88. The number of thiophene rings is 1. The maximum Gasteiger partial charge on any atom is 0.223 e. The average molecular weight is 224 g/mol. The molecule has 2 aromatic heterocycles. The lowest BCUT2D eigenvalue weighted by molar-refractivity contribution is 0.210. The molecule has 3 N–H and O–H groups in total. The summed E-state index contributed by atoms with van der Waals surface area (Å²) in [6, 6.07) is 1.98. The van der Waals surface area contributed by atoms with Crippen molar-refractivity contribution in [2.24, 2.45) is 0 Å². The van der Waals surface area contributed by atoms with Gasteiger partial charge in [-0.3, -0.25) is 0 Å². The number of anilines is 2. The Morgan fingerprint density at radius 2 is 2.40 bits per heavy atom. The van der Waals surface area contributed by atoms with Gasteiger partial charge in [0.1, 0.15) is 10.6 Å². The summed E-state index contributed by atoms with van der Waals surface area (Å²) in [6.45, 7) is 1.34. The number of nitrogen functional groups attached to an aromatic ring is 1. The first kappa shape index (κ1) is 10.1. The molecule has 0 saturated heterocycles. The Balaban J connectivity index is 2.27. The minimum Gasteiger partial charge on any atom is -0.383 e.